The molecule has 0 N–H and O–H groups in total. The zero-order chi connectivity index (χ0) is 10.4. The van der Waals surface area contributed by atoms with Crippen molar-refractivity contribution in [1.29, 1.82) is 0 Å². The third kappa shape index (κ3) is 3.90. The first kappa shape index (κ1) is 12.5. The van der Waals surface area contributed by atoms with E-state index in [0.29, 0.717) is 5.41 Å². The zero-order valence-electron chi connectivity index (χ0n) is 9.52. The van der Waals surface area contributed by atoms with Gasteiger partial charge in [0.15, 0.2) is 0 Å². The van der Waals surface area contributed by atoms with E-state index in [4.69, 9.17) is 4.74 Å². The standard InChI is InChI=1S/C12H23BrO/c1-11(2)4-8-14-9-7-12(10-13)5-3-6-12/h11H,3-10H2,1-2H3. The summed E-state index contributed by atoms with van der Waals surface area (Å²) >= 11 is 3.62. The summed E-state index contributed by atoms with van der Waals surface area (Å²) in [5, 5.41) is 1.16. The highest BCUT2D eigenvalue weighted by molar-refractivity contribution is 9.09. The molecule has 14 heavy (non-hydrogen) atoms. The van der Waals surface area contributed by atoms with E-state index in [0.717, 1.165) is 24.5 Å². The van der Waals surface area contributed by atoms with Crippen molar-refractivity contribution in [2.45, 2.75) is 46.0 Å². The van der Waals surface area contributed by atoms with E-state index in [-0.39, 0.29) is 0 Å². The fourth-order valence-electron chi connectivity index (χ4n) is 1.84. The summed E-state index contributed by atoms with van der Waals surface area (Å²) in [6.45, 7) is 6.39. The Labute approximate surface area is 96.7 Å². The van der Waals surface area contributed by atoms with E-state index in [1.54, 1.807) is 0 Å². The molecular weight excluding hydrogens is 240 g/mol. The van der Waals surface area contributed by atoms with Crippen molar-refractivity contribution >= 4 is 15.9 Å². The van der Waals surface area contributed by atoms with Gasteiger partial charge in [-0.3, -0.25) is 0 Å². The third-order valence-electron chi connectivity index (χ3n) is 3.31. The molecule has 1 nitrogen and oxygen atoms in total. The van der Waals surface area contributed by atoms with Crippen molar-refractivity contribution in [1.82, 2.24) is 0 Å². The second-order valence-corrected chi connectivity index (χ2v) is 5.59. The molecule has 1 aliphatic carbocycles. The van der Waals surface area contributed by atoms with Crippen molar-refractivity contribution in [3.63, 3.8) is 0 Å². The van der Waals surface area contributed by atoms with Gasteiger partial charge in [-0.05, 0) is 37.0 Å². The maximum absolute atomic E-state index is 5.66. The topological polar surface area (TPSA) is 9.23 Å². The predicted octanol–water partition coefficient (Wildman–Crippen LogP) is 4.00. The van der Waals surface area contributed by atoms with Gasteiger partial charge in [-0.1, -0.05) is 36.2 Å². The lowest BCUT2D eigenvalue weighted by atomic mass is 9.68. The first-order valence-electron chi connectivity index (χ1n) is 5.82. The van der Waals surface area contributed by atoms with Crippen LogP contribution < -0.4 is 0 Å². The highest BCUT2D eigenvalue weighted by atomic mass is 79.9. The van der Waals surface area contributed by atoms with Crippen molar-refractivity contribution in [2.24, 2.45) is 11.3 Å². The van der Waals surface area contributed by atoms with Gasteiger partial charge >= 0.3 is 0 Å². The molecule has 0 radical (unpaired) electrons. The molecule has 0 unspecified atom stereocenters. The highest BCUT2D eigenvalue weighted by Crippen LogP contribution is 2.45. The van der Waals surface area contributed by atoms with Crippen LogP contribution in [0.25, 0.3) is 0 Å². The fourth-order valence-corrected chi connectivity index (χ4v) is 2.68. The number of hydrogen-bond donors (Lipinski definition) is 0. The number of alkyl halides is 1. The Kier molecular flexibility index (Phi) is 5.47. The summed E-state index contributed by atoms with van der Waals surface area (Å²) in [7, 11) is 0. The molecule has 1 saturated carbocycles. The van der Waals surface area contributed by atoms with Crippen LogP contribution in [0.1, 0.15) is 46.0 Å². The molecule has 1 rings (SSSR count). The molecule has 0 aromatic heterocycles. The SMILES string of the molecule is CC(C)CCOCCC1(CBr)CCC1. The Balaban J connectivity index is 1.97. The summed E-state index contributed by atoms with van der Waals surface area (Å²) < 4.78 is 5.66. The molecule has 0 aromatic carbocycles. The van der Waals surface area contributed by atoms with Crippen molar-refractivity contribution in [3.8, 4) is 0 Å². The van der Waals surface area contributed by atoms with Crippen LogP contribution in [0.15, 0.2) is 0 Å². The van der Waals surface area contributed by atoms with Crippen molar-refractivity contribution in [3.05, 3.63) is 0 Å². The zero-order valence-corrected chi connectivity index (χ0v) is 11.1. The minimum atomic E-state index is 0.595. The maximum Gasteiger partial charge on any atom is 0.0471 e. The molecule has 0 atom stereocenters. The minimum Gasteiger partial charge on any atom is -0.381 e. The normalized spacial score (nSPS) is 19.7. The lowest BCUT2D eigenvalue weighted by Crippen LogP contribution is -2.32. The van der Waals surface area contributed by atoms with Crippen LogP contribution in [0.4, 0.5) is 0 Å². The summed E-state index contributed by atoms with van der Waals surface area (Å²) in [6, 6.07) is 0. The molecule has 1 aliphatic rings. The molecule has 0 spiro atoms. The Morgan fingerprint density at radius 2 is 2.00 bits per heavy atom. The molecule has 0 saturated heterocycles. The van der Waals surface area contributed by atoms with Crippen LogP contribution in [-0.4, -0.2) is 18.5 Å². The first-order valence-corrected chi connectivity index (χ1v) is 6.94. The van der Waals surface area contributed by atoms with Crippen LogP contribution in [0.2, 0.25) is 0 Å². The molecule has 0 bridgehead atoms. The lowest BCUT2D eigenvalue weighted by Gasteiger charge is -2.40. The predicted molar refractivity (Wildman–Crippen MR) is 65.0 cm³/mol. The van der Waals surface area contributed by atoms with Gasteiger partial charge in [-0.2, -0.15) is 0 Å². The molecule has 84 valence electrons. The molecule has 2 heteroatoms. The van der Waals surface area contributed by atoms with Crippen molar-refractivity contribution < 1.29 is 4.74 Å². The average Bonchev–Trinajstić information content (AvgIpc) is 2.08. The first-order chi connectivity index (χ1) is 6.68. The fraction of sp³-hybridized carbons (Fsp3) is 1.00. The quantitative estimate of drug-likeness (QED) is 0.498. The molecule has 0 aliphatic heterocycles. The molecule has 0 aromatic rings. The highest BCUT2D eigenvalue weighted by Gasteiger charge is 2.35. The van der Waals surface area contributed by atoms with Gasteiger partial charge in [0.1, 0.15) is 0 Å². The van der Waals surface area contributed by atoms with E-state index in [1.807, 2.05) is 0 Å². The van der Waals surface area contributed by atoms with E-state index >= 15 is 0 Å². The Bertz CT molecular complexity index is 147. The van der Waals surface area contributed by atoms with Gasteiger partial charge in [0, 0.05) is 18.5 Å². The number of hydrogen-bond acceptors (Lipinski definition) is 1. The minimum absolute atomic E-state index is 0.595. The molecule has 0 amide bonds. The summed E-state index contributed by atoms with van der Waals surface area (Å²) in [4.78, 5) is 0. The second-order valence-electron chi connectivity index (χ2n) is 5.03. The van der Waals surface area contributed by atoms with E-state index < -0.39 is 0 Å². The van der Waals surface area contributed by atoms with Gasteiger partial charge in [0.25, 0.3) is 0 Å². The van der Waals surface area contributed by atoms with E-state index in [9.17, 15) is 0 Å². The van der Waals surface area contributed by atoms with Gasteiger partial charge in [-0.15, -0.1) is 0 Å². The van der Waals surface area contributed by atoms with Crippen LogP contribution in [0, 0.1) is 11.3 Å². The average molecular weight is 263 g/mol. The van der Waals surface area contributed by atoms with Gasteiger partial charge in [0.2, 0.25) is 0 Å². The smallest absolute Gasteiger partial charge is 0.0471 e. The lowest BCUT2D eigenvalue weighted by molar-refractivity contribution is 0.0615. The Morgan fingerprint density at radius 1 is 1.29 bits per heavy atom. The number of rotatable bonds is 7. The van der Waals surface area contributed by atoms with Crippen LogP contribution in [-0.2, 0) is 4.74 Å². The van der Waals surface area contributed by atoms with Crippen LogP contribution in [0.5, 0.6) is 0 Å². The van der Waals surface area contributed by atoms with E-state index in [2.05, 4.69) is 29.8 Å². The Morgan fingerprint density at radius 3 is 2.43 bits per heavy atom. The summed E-state index contributed by atoms with van der Waals surface area (Å²) in [5.41, 5.74) is 0.595. The third-order valence-corrected chi connectivity index (χ3v) is 4.50. The second kappa shape index (κ2) is 6.12. The molecule has 0 heterocycles. The molecular formula is C12H23BrO. The number of ether oxygens (including phenoxy) is 1. The van der Waals surface area contributed by atoms with Crippen molar-refractivity contribution in [2.75, 3.05) is 18.5 Å². The summed E-state index contributed by atoms with van der Waals surface area (Å²) in [5.74, 6) is 0.767. The largest absolute Gasteiger partial charge is 0.381 e. The molecule has 1 fully saturated rings. The van der Waals surface area contributed by atoms with Gasteiger partial charge in [-0.25, -0.2) is 0 Å². The van der Waals surface area contributed by atoms with Crippen LogP contribution >= 0.6 is 15.9 Å². The van der Waals surface area contributed by atoms with Crippen LogP contribution in [0.3, 0.4) is 0 Å². The van der Waals surface area contributed by atoms with Gasteiger partial charge < -0.3 is 4.74 Å². The monoisotopic (exact) mass is 262 g/mol. The number of halogens is 1. The Hall–Kier alpha value is 0.440. The maximum atomic E-state index is 5.66. The van der Waals surface area contributed by atoms with Gasteiger partial charge in [0.05, 0.1) is 0 Å². The summed E-state index contributed by atoms with van der Waals surface area (Å²) in [6.07, 6.45) is 6.65. The van der Waals surface area contributed by atoms with E-state index in [1.165, 1.54) is 32.1 Å².